The van der Waals surface area contributed by atoms with Gasteiger partial charge in [0, 0.05) is 45.7 Å². The van der Waals surface area contributed by atoms with Crippen molar-refractivity contribution in [2.45, 2.75) is 31.1 Å². The van der Waals surface area contributed by atoms with Crippen molar-refractivity contribution in [3.63, 3.8) is 0 Å². The van der Waals surface area contributed by atoms with Crippen LogP contribution in [0.3, 0.4) is 0 Å². The summed E-state index contributed by atoms with van der Waals surface area (Å²) in [6, 6.07) is 80.2. The summed E-state index contributed by atoms with van der Waals surface area (Å²) in [6.07, 6.45) is 0.847. The smallest absolute Gasteiger partial charge is 0.151 e. The molecule has 0 radical (unpaired) electrons. The molecule has 12 rings (SSSR count). The van der Waals surface area contributed by atoms with Crippen molar-refractivity contribution in [1.82, 2.24) is 0 Å². The number of hydrogen-bond acceptors (Lipinski definition) is 3. The molecule has 0 fully saturated rings. The summed E-state index contributed by atoms with van der Waals surface area (Å²) in [5, 5.41) is 0. The number of rotatable bonds is 6. The first-order chi connectivity index (χ1) is 31.0. The Hall–Kier alpha value is -7.62. The third-order valence-electron chi connectivity index (χ3n) is 13.9. The van der Waals surface area contributed by atoms with E-state index in [0.29, 0.717) is 6.61 Å². The SMILES string of the molecule is CC1(C)c2ccccc2C2(c3ccccc3-c3c(N(c4ccc(N(c5ccccc5)c5ccccc5)cc4)c4cccc5c4OCCc4ccccc4-5)cccc32)c2ccccc21. The predicted molar refractivity (Wildman–Crippen MR) is 260 cm³/mol. The van der Waals surface area contributed by atoms with Crippen LogP contribution in [0.2, 0.25) is 0 Å². The van der Waals surface area contributed by atoms with E-state index in [9.17, 15) is 0 Å². The van der Waals surface area contributed by atoms with Crippen molar-refractivity contribution in [3.05, 3.63) is 257 Å². The van der Waals surface area contributed by atoms with E-state index in [2.05, 4.69) is 242 Å². The Morgan fingerprint density at radius 3 is 1.48 bits per heavy atom. The monoisotopic (exact) mass is 810 g/mol. The number of ether oxygens (including phenoxy) is 1. The first-order valence-corrected chi connectivity index (χ1v) is 22.1. The highest BCUT2D eigenvalue weighted by Crippen LogP contribution is 2.64. The van der Waals surface area contributed by atoms with Crippen molar-refractivity contribution in [3.8, 4) is 28.0 Å². The zero-order valence-electron chi connectivity index (χ0n) is 35.5. The molecule has 63 heavy (non-hydrogen) atoms. The minimum Gasteiger partial charge on any atom is -0.490 e. The van der Waals surface area contributed by atoms with Crippen molar-refractivity contribution in [2.75, 3.05) is 16.4 Å². The molecule has 1 heterocycles. The normalized spacial score (nSPS) is 14.4. The van der Waals surface area contributed by atoms with Gasteiger partial charge in [-0.1, -0.05) is 172 Å². The van der Waals surface area contributed by atoms with Crippen LogP contribution in [0.4, 0.5) is 34.1 Å². The summed E-state index contributed by atoms with van der Waals surface area (Å²) in [4.78, 5) is 4.79. The second-order valence-electron chi connectivity index (χ2n) is 17.5. The molecule has 1 spiro atoms. The highest BCUT2D eigenvalue weighted by Gasteiger charge is 2.54. The summed E-state index contributed by atoms with van der Waals surface area (Å²) >= 11 is 0. The van der Waals surface area contributed by atoms with Crippen LogP contribution in [0, 0.1) is 0 Å². The lowest BCUT2D eigenvalue weighted by Crippen LogP contribution is -2.40. The van der Waals surface area contributed by atoms with E-state index in [1.54, 1.807) is 0 Å². The molecule has 0 bridgehead atoms. The first-order valence-electron chi connectivity index (χ1n) is 22.1. The molecule has 3 nitrogen and oxygen atoms in total. The summed E-state index contributed by atoms with van der Waals surface area (Å²) < 4.78 is 6.93. The molecule has 2 aliphatic carbocycles. The molecule has 3 aliphatic rings. The molecule has 9 aromatic carbocycles. The Kier molecular flexibility index (Phi) is 8.55. The third-order valence-corrected chi connectivity index (χ3v) is 13.9. The van der Waals surface area contributed by atoms with Crippen LogP contribution in [-0.2, 0) is 17.3 Å². The summed E-state index contributed by atoms with van der Waals surface area (Å²) in [7, 11) is 0. The zero-order valence-corrected chi connectivity index (χ0v) is 35.5. The molecule has 0 aromatic heterocycles. The largest absolute Gasteiger partial charge is 0.490 e. The minimum atomic E-state index is -0.519. The van der Waals surface area contributed by atoms with Crippen LogP contribution in [0.1, 0.15) is 52.8 Å². The van der Waals surface area contributed by atoms with E-state index in [4.69, 9.17) is 4.74 Å². The maximum Gasteiger partial charge on any atom is 0.151 e. The lowest BCUT2D eigenvalue weighted by molar-refractivity contribution is 0.327. The Morgan fingerprint density at radius 2 is 0.825 bits per heavy atom. The maximum atomic E-state index is 6.93. The van der Waals surface area contributed by atoms with Crippen LogP contribution in [0.25, 0.3) is 22.3 Å². The highest BCUT2D eigenvalue weighted by molar-refractivity contribution is 6.00. The highest BCUT2D eigenvalue weighted by atomic mass is 16.5. The lowest BCUT2D eigenvalue weighted by atomic mass is 9.55. The fourth-order valence-electron chi connectivity index (χ4n) is 11.2. The molecule has 1 aliphatic heterocycles. The molecule has 0 saturated heterocycles. The second kappa shape index (κ2) is 14.5. The van der Waals surface area contributed by atoms with E-state index in [0.717, 1.165) is 51.9 Å². The Morgan fingerprint density at radius 1 is 0.365 bits per heavy atom. The molecule has 0 amide bonds. The first kappa shape index (κ1) is 37.2. The van der Waals surface area contributed by atoms with Crippen molar-refractivity contribution < 1.29 is 4.74 Å². The fraction of sp³-hybridized carbons (Fsp3) is 0.100. The Balaban J connectivity index is 1.13. The van der Waals surface area contributed by atoms with Gasteiger partial charge >= 0.3 is 0 Å². The van der Waals surface area contributed by atoms with E-state index in [1.165, 1.54) is 55.6 Å². The molecule has 0 unspecified atom stereocenters. The van der Waals surface area contributed by atoms with Gasteiger partial charge < -0.3 is 14.5 Å². The van der Waals surface area contributed by atoms with Crippen molar-refractivity contribution in [1.29, 1.82) is 0 Å². The Bertz CT molecular complexity index is 3100. The minimum absolute atomic E-state index is 0.176. The summed E-state index contributed by atoms with van der Waals surface area (Å²) in [5.41, 5.74) is 19.9. The van der Waals surface area contributed by atoms with Gasteiger partial charge in [0.1, 0.15) is 0 Å². The van der Waals surface area contributed by atoms with Gasteiger partial charge in [-0.05, 0) is 111 Å². The molecule has 3 heteroatoms. The fourth-order valence-corrected chi connectivity index (χ4v) is 11.2. The molecular formula is C60H46N2O. The third kappa shape index (κ3) is 5.52. The second-order valence-corrected chi connectivity index (χ2v) is 17.5. The number of fused-ring (bicyclic) bond motifs is 12. The topological polar surface area (TPSA) is 15.7 Å². The van der Waals surface area contributed by atoms with Gasteiger partial charge in [0.15, 0.2) is 5.75 Å². The maximum absolute atomic E-state index is 6.93. The molecule has 0 atom stereocenters. The van der Waals surface area contributed by atoms with Crippen LogP contribution in [0.15, 0.2) is 218 Å². The van der Waals surface area contributed by atoms with Gasteiger partial charge in [0.05, 0.1) is 23.4 Å². The van der Waals surface area contributed by atoms with Crippen LogP contribution < -0.4 is 14.5 Å². The van der Waals surface area contributed by atoms with Crippen molar-refractivity contribution in [2.24, 2.45) is 0 Å². The van der Waals surface area contributed by atoms with E-state index >= 15 is 0 Å². The number of nitrogens with zero attached hydrogens (tertiary/aromatic N) is 2. The van der Waals surface area contributed by atoms with Gasteiger partial charge in [0.25, 0.3) is 0 Å². The Labute approximate surface area is 370 Å². The molecular weight excluding hydrogens is 765 g/mol. The van der Waals surface area contributed by atoms with Crippen LogP contribution in [-0.4, -0.2) is 6.61 Å². The molecule has 0 saturated carbocycles. The lowest BCUT2D eigenvalue weighted by Gasteiger charge is -2.46. The van der Waals surface area contributed by atoms with E-state index in [1.807, 2.05) is 0 Å². The molecule has 0 N–H and O–H groups in total. The van der Waals surface area contributed by atoms with Gasteiger partial charge in [-0.2, -0.15) is 0 Å². The number of para-hydroxylation sites is 3. The quantitative estimate of drug-likeness (QED) is 0.166. The molecule has 302 valence electrons. The average Bonchev–Trinajstić information content (AvgIpc) is 3.50. The van der Waals surface area contributed by atoms with Gasteiger partial charge in [0.2, 0.25) is 0 Å². The number of anilines is 6. The summed E-state index contributed by atoms with van der Waals surface area (Å²) in [5.74, 6) is 0.899. The predicted octanol–water partition coefficient (Wildman–Crippen LogP) is 15.2. The average molecular weight is 811 g/mol. The standard InChI is InChI=1S/C60H46N2O/c1-59(2)50-28-13-15-30-52(50)60(53-31-16-14-29-51(53)59)49-27-12-11-25-48(49)57-54(60)32-18-33-55(57)62(56-34-17-26-47-46-24-10-9-19-41(46)39-40-63-58(47)56)45-37-35-44(36-38-45)61(42-20-5-3-6-21-42)43-22-7-4-8-23-43/h3-38H,39-40H2,1-2H3. The van der Waals surface area contributed by atoms with Crippen LogP contribution in [0.5, 0.6) is 5.75 Å². The zero-order chi connectivity index (χ0) is 42.1. The van der Waals surface area contributed by atoms with Gasteiger partial charge in [-0.3, -0.25) is 0 Å². The number of hydrogen-bond donors (Lipinski definition) is 0. The van der Waals surface area contributed by atoms with Gasteiger partial charge in [-0.15, -0.1) is 0 Å². The van der Waals surface area contributed by atoms with Gasteiger partial charge in [-0.25, -0.2) is 0 Å². The van der Waals surface area contributed by atoms with E-state index in [-0.39, 0.29) is 5.41 Å². The van der Waals surface area contributed by atoms with Crippen molar-refractivity contribution >= 4 is 34.1 Å². The molecule has 9 aromatic rings. The van der Waals surface area contributed by atoms with Crippen LogP contribution >= 0.6 is 0 Å². The van der Waals surface area contributed by atoms with E-state index < -0.39 is 5.41 Å². The summed E-state index contributed by atoms with van der Waals surface area (Å²) in [6.45, 7) is 5.37. The number of benzene rings is 9.